The standard InChI is InChI=1S/C39H47N9O9/c1-4-56-37(54)28(38(55)57-30(36(52)53)11-7-8-16-47-32(49)14-15-33(47)50)24-45-17-19-46(20-18-45)31-13-12-26(23-40-31)42-39-41-22-25-21-29(35(51)44(2)3)48(34(25)43-39)27-9-5-6-10-27/h12-15,21-24,27,30H,4-11,16-20H2,1-3H3,(H,52,53)(H,41,42,43)/b28-24-. The molecule has 1 saturated heterocycles. The van der Waals surface area contributed by atoms with Crippen LogP contribution in [0.3, 0.4) is 0 Å². The number of carbonyl (C=O) groups excluding carboxylic acids is 5. The third-order valence-electron chi connectivity index (χ3n) is 10.1. The van der Waals surface area contributed by atoms with Crippen molar-refractivity contribution in [1.82, 2.24) is 34.2 Å². The van der Waals surface area contributed by atoms with E-state index in [1.54, 1.807) is 43.2 Å². The number of imide groups is 1. The van der Waals surface area contributed by atoms with Gasteiger partial charge in [-0.05, 0) is 57.2 Å². The van der Waals surface area contributed by atoms with Gasteiger partial charge in [0.15, 0.2) is 11.7 Å². The molecule has 1 unspecified atom stereocenters. The summed E-state index contributed by atoms with van der Waals surface area (Å²) in [5.74, 6) is -3.30. The molecule has 3 aromatic rings. The van der Waals surface area contributed by atoms with Crippen LogP contribution in [0.5, 0.6) is 0 Å². The lowest BCUT2D eigenvalue weighted by Gasteiger charge is -2.35. The van der Waals surface area contributed by atoms with Crippen molar-refractivity contribution in [3.8, 4) is 0 Å². The van der Waals surface area contributed by atoms with Crippen molar-refractivity contribution in [2.75, 3.05) is 63.6 Å². The fraction of sp³-hybridized carbons (Fsp3) is 0.462. The Bertz CT molecular complexity index is 2050. The highest BCUT2D eigenvalue weighted by Crippen LogP contribution is 2.35. The Labute approximate surface area is 329 Å². The lowest BCUT2D eigenvalue weighted by molar-refractivity contribution is -0.163. The molecule has 3 amide bonds. The lowest BCUT2D eigenvalue weighted by atomic mass is 10.1. The van der Waals surface area contributed by atoms with Crippen molar-refractivity contribution in [3.05, 3.63) is 60.2 Å². The van der Waals surface area contributed by atoms with E-state index in [9.17, 15) is 33.9 Å². The largest absolute Gasteiger partial charge is 0.479 e. The molecule has 57 heavy (non-hydrogen) atoms. The summed E-state index contributed by atoms with van der Waals surface area (Å²) in [5.41, 5.74) is 1.56. The second-order valence-electron chi connectivity index (χ2n) is 14.2. The molecule has 1 atom stereocenters. The molecule has 0 bridgehead atoms. The zero-order valence-corrected chi connectivity index (χ0v) is 32.3. The molecule has 18 heteroatoms. The summed E-state index contributed by atoms with van der Waals surface area (Å²) in [6, 6.07) is 5.80. The SMILES string of the molecule is CCOC(=O)/C(=C/N1CCN(c2ccc(Nc3ncc4cc(C(=O)N(C)C)n(C5CCCC5)c4n3)cn2)CC1)C(=O)OC(CCCCN1C(=O)C=CC1=O)C(=O)O. The van der Waals surface area contributed by atoms with Gasteiger partial charge in [0.2, 0.25) is 5.95 Å². The number of carboxylic acid groups (broad SMARTS) is 1. The summed E-state index contributed by atoms with van der Waals surface area (Å²) in [5, 5.41) is 13.8. The maximum absolute atomic E-state index is 13.2. The summed E-state index contributed by atoms with van der Waals surface area (Å²) < 4.78 is 12.4. The fourth-order valence-electron chi connectivity index (χ4n) is 7.11. The molecule has 2 N–H and O–H groups in total. The van der Waals surface area contributed by atoms with Gasteiger partial charge in [-0.25, -0.2) is 24.4 Å². The Balaban J connectivity index is 1.05. The summed E-state index contributed by atoms with van der Waals surface area (Å²) in [6.45, 7) is 3.51. The molecular weight excluding hydrogens is 738 g/mol. The minimum atomic E-state index is -1.55. The van der Waals surface area contributed by atoms with Gasteiger partial charge in [-0.15, -0.1) is 0 Å². The zero-order chi connectivity index (χ0) is 40.6. The molecule has 0 radical (unpaired) electrons. The van der Waals surface area contributed by atoms with Crippen LogP contribution in [0.1, 0.15) is 68.4 Å². The van der Waals surface area contributed by atoms with E-state index in [1.807, 2.05) is 18.2 Å². The highest BCUT2D eigenvalue weighted by Gasteiger charge is 2.31. The monoisotopic (exact) mass is 785 g/mol. The normalized spacial score (nSPS) is 16.7. The van der Waals surface area contributed by atoms with Gasteiger partial charge in [-0.3, -0.25) is 19.3 Å². The molecule has 1 aliphatic carbocycles. The van der Waals surface area contributed by atoms with Crippen LogP contribution in [-0.4, -0.2) is 134 Å². The number of aliphatic carboxylic acids is 1. The van der Waals surface area contributed by atoms with Crippen molar-refractivity contribution >= 4 is 64.1 Å². The van der Waals surface area contributed by atoms with E-state index in [-0.39, 0.29) is 37.9 Å². The van der Waals surface area contributed by atoms with Gasteiger partial charge in [0.1, 0.15) is 17.2 Å². The van der Waals surface area contributed by atoms with Crippen LogP contribution in [0.15, 0.2) is 54.5 Å². The topological polar surface area (TPSA) is 210 Å². The van der Waals surface area contributed by atoms with Crippen LogP contribution in [-0.2, 0) is 33.4 Å². The van der Waals surface area contributed by atoms with Crippen molar-refractivity contribution < 1.29 is 43.3 Å². The number of carboxylic acids is 1. The number of piperazine rings is 1. The van der Waals surface area contributed by atoms with E-state index in [1.165, 1.54) is 18.4 Å². The van der Waals surface area contributed by atoms with Gasteiger partial charge in [-0.1, -0.05) is 12.8 Å². The molecule has 6 rings (SSSR count). The summed E-state index contributed by atoms with van der Waals surface area (Å²) in [7, 11) is 3.48. The minimum Gasteiger partial charge on any atom is -0.479 e. The van der Waals surface area contributed by atoms with Crippen LogP contribution >= 0.6 is 0 Å². The van der Waals surface area contributed by atoms with Crippen molar-refractivity contribution in [1.29, 1.82) is 0 Å². The highest BCUT2D eigenvalue weighted by molar-refractivity contribution is 6.14. The van der Waals surface area contributed by atoms with Crippen molar-refractivity contribution in [3.63, 3.8) is 0 Å². The number of pyridine rings is 1. The summed E-state index contributed by atoms with van der Waals surface area (Å²) in [4.78, 5) is 94.9. The number of hydrogen-bond acceptors (Lipinski definition) is 14. The maximum atomic E-state index is 13.2. The number of aromatic nitrogens is 4. The lowest BCUT2D eigenvalue weighted by Crippen LogP contribution is -2.45. The molecule has 2 fully saturated rings. The quantitative estimate of drug-likeness (QED) is 0.0534. The minimum absolute atomic E-state index is 0.00760. The van der Waals surface area contributed by atoms with Gasteiger partial charge in [0.05, 0.1) is 18.5 Å². The molecule has 0 aromatic carbocycles. The van der Waals surface area contributed by atoms with E-state index in [0.717, 1.165) is 36.0 Å². The van der Waals surface area contributed by atoms with Crippen molar-refractivity contribution in [2.24, 2.45) is 0 Å². The number of rotatable bonds is 16. The molecule has 1 saturated carbocycles. The second kappa shape index (κ2) is 18.1. The van der Waals surface area contributed by atoms with Crippen LogP contribution in [0.2, 0.25) is 0 Å². The van der Waals surface area contributed by atoms with E-state index in [0.29, 0.717) is 61.4 Å². The third-order valence-corrected chi connectivity index (χ3v) is 10.1. The van der Waals surface area contributed by atoms with Gasteiger partial charge < -0.3 is 39.2 Å². The Kier molecular flexibility index (Phi) is 12.8. The number of esters is 2. The van der Waals surface area contributed by atoms with E-state index >= 15 is 0 Å². The Morgan fingerprint density at radius 1 is 0.982 bits per heavy atom. The first-order valence-corrected chi connectivity index (χ1v) is 19.1. The third kappa shape index (κ3) is 9.56. The molecule has 3 aromatic heterocycles. The molecule has 3 aliphatic rings. The van der Waals surface area contributed by atoms with E-state index < -0.39 is 41.4 Å². The molecule has 302 valence electrons. The number of unbranched alkanes of at least 4 members (excludes halogenated alkanes) is 1. The number of fused-ring (bicyclic) bond motifs is 1. The van der Waals surface area contributed by atoms with Crippen LogP contribution in [0, 0.1) is 0 Å². The first-order valence-electron chi connectivity index (χ1n) is 19.1. The number of nitrogens with one attached hydrogen (secondary N) is 1. The number of ether oxygens (including phenoxy) is 2. The van der Waals surface area contributed by atoms with Crippen LogP contribution in [0.25, 0.3) is 11.0 Å². The Hall–Kier alpha value is -6.33. The zero-order valence-electron chi connectivity index (χ0n) is 32.3. The number of carbonyl (C=O) groups is 6. The second-order valence-corrected chi connectivity index (χ2v) is 14.2. The van der Waals surface area contributed by atoms with Gasteiger partial charge in [0.25, 0.3) is 17.7 Å². The highest BCUT2D eigenvalue weighted by atomic mass is 16.6. The average molecular weight is 786 g/mol. The van der Waals surface area contributed by atoms with Crippen molar-refractivity contribution in [2.45, 2.75) is 64.0 Å². The Morgan fingerprint density at radius 3 is 2.33 bits per heavy atom. The number of hydrogen-bond donors (Lipinski definition) is 2. The van der Waals surface area contributed by atoms with Gasteiger partial charge >= 0.3 is 17.9 Å². The number of amides is 3. The maximum Gasteiger partial charge on any atom is 0.347 e. The molecular formula is C39H47N9O9. The smallest absolute Gasteiger partial charge is 0.347 e. The number of anilines is 3. The molecule has 5 heterocycles. The molecule has 0 spiro atoms. The van der Waals surface area contributed by atoms with E-state index in [2.05, 4.69) is 24.8 Å². The first kappa shape index (κ1) is 40.3. The number of nitrogens with zero attached hydrogens (tertiary/aromatic N) is 8. The first-order chi connectivity index (χ1) is 27.4. The molecule has 18 nitrogen and oxygen atoms in total. The van der Waals surface area contributed by atoms with E-state index in [4.69, 9.17) is 14.5 Å². The Morgan fingerprint density at radius 2 is 1.70 bits per heavy atom. The fourth-order valence-corrected chi connectivity index (χ4v) is 7.11. The van der Waals surface area contributed by atoms with Crippen LogP contribution < -0.4 is 10.2 Å². The average Bonchev–Trinajstić information content (AvgIpc) is 3.94. The predicted molar refractivity (Wildman–Crippen MR) is 206 cm³/mol. The van der Waals surface area contributed by atoms with Gasteiger partial charge in [0, 0.05) is 82.8 Å². The molecule has 2 aliphatic heterocycles. The summed E-state index contributed by atoms with van der Waals surface area (Å²) >= 11 is 0. The summed E-state index contributed by atoms with van der Waals surface area (Å²) in [6.07, 6.45) is 10.2. The van der Waals surface area contributed by atoms with Gasteiger partial charge in [-0.2, -0.15) is 4.98 Å². The van der Waals surface area contributed by atoms with Crippen LogP contribution in [0.4, 0.5) is 17.5 Å². The predicted octanol–water partition coefficient (Wildman–Crippen LogP) is 3.05.